The summed E-state index contributed by atoms with van der Waals surface area (Å²) in [6.07, 6.45) is 1.71. The molecule has 2 aromatic carbocycles. The molecule has 1 amide bonds. The normalized spacial score (nSPS) is 16.0. The molecule has 1 heterocycles. The minimum Gasteiger partial charge on any atom is -0.504 e. The van der Waals surface area contributed by atoms with Crippen molar-refractivity contribution in [2.75, 3.05) is 12.0 Å². The Kier molecular flexibility index (Phi) is 5.38. The van der Waals surface area contributed by atoms with Crippen LogP contribution in [0.4, 0.5) is 5.69 Å². The van der Waals surface area contributed by atoms with Gasteiger partial charge in [0.05, 0.1) is 17.7 Å². The van der Waals surface area contributed by atoms with E-state index >= 15 is 0 Å². The van der Waals surface area contributed by atoms with Crippen molar-refractivity contribution < 1.29 is 14.6 Å². The number of ether oxygens (including phenoxy) is 1. The zero-order valence-electron chi connectivity index (χ0n) is 12.8. The van der Waals surface area contributed by atoms with Gasteiger partial charge >= 0.3 is 0 Å². The summed E-state index contributed by atoms with van der Waals surface area (Å²) in [5.74, 6) is 0.124. The van der Waals surface area contributed by atoms with Gasteiger partial charge in [0.2, 0.25) is 0 Å². The fourth-order valence-electron chi connectivity index (χ4n) is 2.25. The van der Waals surface area contributed by atoms with Crippen LogP contribution in [-0.4, -0.2) is 22.4 Å². The van der Waals surface area contributed by atoms with Crippen LogP contribution >= 0.6 is 51.5 Å². The van der Waals surface area contributed by atoms with E-state index in [1.165, 1.54) is 29.8 Å². The van der Waals surface area contributed by atoms with Gasteiger partial charge in [0.15, 0.2) is 15.8 Å². The quantitative estimate of drug-likeness (QED) is 0.507. The van der Waals surface area contributed by atoms with Crippen LogP contribution in [0.3, 0.4) is 0 Å². The van der Waals surface area contributed by atoms with Crippen molar-refractivity contribution in [2.24, 2.45) is 0 Å². The number of halogens is 2. The highest BCUT2D eigenvalue weighted by molar-refractivity contribution is 9.10. The van der Waals surface area contributed by atoms with Crippen molar-refractivity contribution in [1.29, 1.82) is 0 Å². The summed E-state index contributed by atoms with van der Waals surface area (Å²) in [7, 11) is 1.47. The monoisotopic (exact) mass is 455 g/mol. The smallest absolute Gasteiger partial charge is 0.270 e. The molecular formula is C17H11BrClNO3S2. The maximum atomic E-state index is 12.8. The van der Waals surface area contributed by atoms with E-state index in [9.17, 15) is 9.90 Å². The molecular weight excluding hydrogens is 446 g/mol. The molecule has 0 aromatic heterocycles. The molecule has 1 aliphatic heterocycles. The number of thiocarbonyl (C=S) groups is 1. The highest BCUT2D eigenvalue weighted by atomic mass is 79.9. The minimum atomic E-state index is -0.212. The molecule has 1 N–H and O–H groups in total. The second-order valence-corrected chi connectivity index (χ2v) is 8.01. The van der Waals surface area contributed by atoms with Gasteiger partial charge in [0.1, 0.15) is 0 Å². The van der Waals surface area contributed by atoms with Gasteiger partial charge < -0.3 is 9.84 Å². The van der Waals surface area contributed by atoms with Crippen molar-refractivity contribution >= 4 is 73.5 Å². The van der Waals surface area contributed by atoms with Crippen LogP contribution in [-0.2, 0) is 4.79 Å². The number of phenols is 1. The topological polar surface area (TPSA) is 49.8 Å². The number of carbonyl (C=O) groups excluding carboxylic acids is 1. The van der Waals surface area contributed by atoms with E-state index in [2.05, 4.69) is 15.9 Å². The van der Waals surface area contributed by atoms with E-state index < -0.39 is 0 Å². The number of aromatic hydroxyl groups is 1. The highest BCUT2D eigenvalue weighted by Crippen LogP contribution is 2.39. The Balaban J connectivity index is 1.97. The van der Waals surface area contributed by atoms with Gasteiger partial charge in [-0.3, -0.25) is 9.69 Å². The number of hydrogen-bond donors (Lipinski definition) is 1. The molecule has 0 saturated carbocycles. The lowest BCUT2D eigenvalue weighted by Crippen LogP contribution is -2.27. The predicted molar refractivity (Wildman–Crippen MR) is 109 cm³/mol. The van der Waals surface area contributed by atoms with Gasteiger partial charge in [0.25, 0.3) is 5.91 Å². The first-order chi connectivity index (χ1) is 11.9. The van der Waals surface area contributed by atoms with Crippen molar-refractivity contribution in [3.8, 4) is 11.5 Å². The number of amides is 1. The highest BCUT2D eigenvalue weighted by Gasteiger charge is 2.33. The Labute approximate surface area is 167 Å². The molecule has 4 nitrogen and oxygen atoms in total. The average molecular weight is 457 g/mol. The summed E-state index contributed by atoms with van der Waals surface area (Å²) in [6.45, 7) is 0. The number of nitrogens with zero attached hydrogens (tertiary/aromatic N) is 1. The number of phenolic OH excluding ortho intramolecular Hbond substituents is 1. The molecule has 1 fully saturated rings. The van der Waals surface area contributed by atoms with Crippen LogP contribution in [0.2, 0.25) is 5.02 Å². The van der Waals surface area contributed by atoms with E-state index in [-0.39, 0.29) is 11.7 Å². The van der Waals surface area contributed by atoms with E-state index in [4.69, 9.17) is 28.6 Å². The standard InChI is InChI=1S/C17H11BrClNO3S2/c1-23-14-6-9(12(18)8-13(14)21)7-15-16(22)20(17(24)25-15)11-4-2-10(19)3-5-11/h2-8,21H,1H3/b15-7+. The van der Waals surface area contributed by atoms with Crippen LogP contribution in [0, 0.1) is 0 Å². The minimum absolute atomic E-state index is 0.0141. The summed E-state index contributed by atoms with van der Waals surface area (Å²) in [5.41, 5.74) is 1.36. The van der Waals surface area contributed by atoms with Crippen molar-refractivity contribution in [1.82, 2.24) is 0 Å². The average Bonchev–Trinajstić information content (AvgIpc) is 2.85. The van der Waals surface area contributed by atoms with E-state index in [0.717, 1.165) is 0 Å². The molecule has 0 radical (unpaired) electrons. The summed E-state index contributed by atoms with van der Waals surface area (Å²) < 4.78 is 6.20. The maximum absolute atomic E-state index is 12.8. The Morgan fingerprint density at radius 2 is 2.00 bits per heavy atom. The second kappa shape index (κ2) is 7.37. The van der Waals surface area contributed by atoms with Gasteiger partial charge in [-0.1, -0.05) is 51.5 Å². The number of hydrogen-bond acceptors (Lipinski definition) is 5. The molecule has 0 unspecified atom stereocenters. The van der Waals surface area contributed by atoms with E-state index in [1.54, 1.807) is 36.4 Å². The van der Waals surface area contributed by atoms with Gasteiger partial charge in [0, 0.05) is 9.50 Å². The number of benzene rings is 2. The van der Waals surface area contributed by atoms with Crippen LogP contribution in [0.25, 0.3) is 6.08 Å². The third kappa shape index (κ3) is 3.69. The van der Waals surface area contributed by atoms with E-state index in [1.807, 2.05) is 0 Å². The molecule has 8 heteroatoms. The fraction of sp³-hybridized carbons (Fsp3) is 0.0588. The lowest BCUT2D eigenvalue weighted by Gasteiger charge is -2.14. The summed E-state index contributed by atoms with van der Waals surface area (Å²) >= 11 is 15.8. The second-order valence-electron chi connectivity index (χ2n) is 5.04. The van der Waals surface area contributed by atoms with Crippen molar-refractivity contribution in [2.45, 2.75) is 0 Å². The number of thioether (sulfide) groups is 1. The molecule has 3 rings (SSSR count). The Hall–Kier alpha value is -1.54. The first-order valence-electron chi connectivity index (χ1n) is 7.00. The molecule has 25 heavy (non-hydrogen) atoms. The summed E-state index contributed by atoms with van der Waals surface area (Å²) in [5, 5.41) is 10.4. The van der Waals surface area contributed by atoms with Gasteiger partial charge in [-0.05, 0) is 48.0 Å². The van der Waals surface area contributed by atoms with Crippen LogP contribution in [0.1, 0.15) is 5.56 Å². The van der Waals surface area contributed by atoms with Crippen LogP contribution in [0.5, 0.6) is 11.5 Å². The molecule has 1 saturated heterocycles. The van der Waals surface area contributed by atoms with Crippen LogP contribution < -0.4 is 9.64 Å². The third-order valence-electron chi connectivity index (χ3n) is 3.46. The molecule has 2 aromatic rings. The molecule has 0 aliphatic carbocycles. The lowest BCUT2D eigenvalue weighted by molar-refractivity contribution is -0.113. The van der Waals surface area contributed by atoms with Gasteiger partial charge in [-0.2, -0.15) is 0 Å². The van der Waals surface area contributed by atoms with Crippen molar-refractivity contribution in [3.63, 3.8) is 0 Å². The van der Waals surface area contributed by atoms with E-state index in [0.29, 0.717) is 35.7 Å². The number of anilines is 1. The lowest BCUT2D eigenvalue weighted by atomic mass is 10.2. The van der Waals surface area contributed by atoms with Gasteiger partial charge in [-0.15, -0.1) is 0 Å². The summed E-state index contributed by atoms with van der Waals surface area (Å²) in [4.78, 5) is 14.7. The first-order valence-corrected chi connectivity index (χ1v) is 9.40. The van der Waals surface area contributed by atoms with Crippen molar-refractivity contribution in [3.05, 3.63) is 56.4 Å². The number of rotatable bonds is 3. The predicted octanol–water partition coefficient (Wildman–Crippen LogP) is 5.22. The number of methoxy groups -OCH3 is 1. The molecule has 0 spiro atoms. The molecule has 0 bridgehead atoms. The Morgan fingerprint density at radius 1 is 1.32 bits per heavy atom. The Bertz CT molecular complexity index is 900. The molecule has 0 atom stereocenters. The first kappa shape index (κ1) is 18.3. The number of carbonyl (C=O) groups is 1. The zero-order valence-corrected chi connectivity index (χ0v) is 16.8. The molecule has 128 valence electrons. The molecule has 1 aliphatic rings. The third-order valence-corrected chi connectivity index (χ3v) is 5.70. The fourth-order valence-corrected chi connectivity index (χ4v) is 4.12. The SMILES string of the molecule is COc1cc(/C=C2/SC(=S)N(c3ccc(Cl)cc3)C2=O)c(Br)cc1O. The van der Waals surface area contributed by atoms with Gasteiger partial charge in [-0.25, -0.2) is 0 Å². The maximum Gasteiger partial charge on any atom is 0.270 e. The zero-order chi connectivity index (χ0) is 18.1. The van der Waals surface area contributed by atoms with Crippen LogP contribution in [0.15, 0.2) is 45.8 Å². The summed E-state index contributed by atoms with van der Waals surface area (Å²) in [6, 6.07) is 10.1. The Morgan fingerprint density at radius 3 is 2.64 bits per heavy atom. The largest absolute Gasteiger partial charge is 0.504 e.